The number of non-ortho nitro benzene ring substituents is 1. The van der Waals surface area contributed by atoms with E-state index in [2.05, 4.69) is 0 Å². The topological polar surface area (TPSA) is 70.2 Å². The van der Waals surface area contributed by atoms with Crippen molar-refractivity contribution in [3.63, 3.8) is 0 Å². The van der Waals surface area contributed by atoms with Crippen molar-refractivity contribution < 1.29 is 4.92 Å². The molecular weight excluding hydrogens is 290 g/mol. The maximum absolute atomic E-state index is 10.8. The van der Waals surface area contributed by atoms with Crippen molar-refractivity contribution in [1.29, 1.82) is 5.26 Å². The van der Waals surface area contributed by atoms with E-state index in [-0.39, 0.29) is 11.3 Å². The fourth-order valence-corrected chi connectivity index (χ4v) is 2.22. The highest BCUT2D eigenvalue weighted by atomic mass is 35.5. The van der Waals surface area contributed by atoms with Crippen molar-refractivity contribution in [3.05, 3.63) is 68.7 Å². The highest BCUT2D eigenvalue weighted by Gasteiger charge is 2.14. The van der Waals surface area contributed by atoms with Gasteiger partial charge in [0, 0.05) is 30.7 Å². The summed E-state index contributed by atoms with van der Waals surface area (Å²) in [5.41, 5.74) is 1.71. The van der Waals surface area contributed by atoms with E-state index in [1.165, 1.54) is 12.1 Å². The maximum atomic E-state index is 10.8. The molecule has 0 N–H and O–H groups in total. The van der Waals surface area contributed by atoms with Gasteiger partial charge >= 0.3 is 0 Å². The Bertz CT molecular complexity index is 725. The molecule has 0 aliphatic rings. The Kier molecular flexibility index (Phi) is 4.41. The van der Waals surface area contributed by atoms with Crippen LogP contribution < -0.4 is 4.90 Å². The van der Waals surface area contributed by atoms with Crippen LogP contribution in [0, 0.1) is 21.4 Å². The minimum atomic E-state index is -0.515. The second kappa shape index (κ2) is 6.25. The average molecular weight is 302 g/mol. The molecule has 0 atom stereocenters. The van der Waals surface area contributed by atoms with Gasteiger partial charge in [0.25, 0.3) is 5.69 Å². The van der Waals surface area contributed by atoms with Gasteiger partial charge in [-0.25, -0.2) is 0 Å². The fourth-order valence-electron chi connectivity index (χ4n) is 2.03. The van der Waals surface area contributed by atoms with Crippen LogP contribution in [0.15, 0.2) is 42.5 Å². The van der Waals surface area contributed by atoms with E-state index in [9.17, 15) is 10.1 Å². The van der Waals surface area contributed by atoms with Gasteiger partial charge < -0.3 is 4.90 Å². The van der Waals surface area contributed by atoms with Crippen molar-refractivity contribution in [2.45, 2.75) is 6.54 Å². The van der Waals surface area contributed by atoms with Crippen molar-refractivity contribution in [3.8, 4) is 6.07 Å². The van der Waals surface area contributed by atoms with Crippen LogP contribution in [0.5, 0.6) is 0 Å². The molecule has 21 heavy (non-hydrogen) atoms. The lowest BCUT2D eigenvalue weighted by Crippen LogP contribution is -2.17. The molecule has 0 unspecified atom stereocenters. The Balaban J connectivity index is 2.31. The molecule has 2 aromatic rings. The third kappa shape index (κ3) is 3.30. The summed E-state index contributed by atoms with van der Waals surface area (Å²) in [5.74, 6) is 0. The molecule has 2 aromatic carbocycles. The zero-order chi connectivity index (χ0) is 15.4. The Morgan fingerprint density at radius 1 is 1.33 bits per heavy atom. The fraction of sp³-hybridized carbons (Fsp3) is 0.133. The zero-order valence-corrected chi connectivity index (χ0v) is 12.0. The first-order chi connectivity index (χ1) is 10.0. The molecule has 0 radical (unpaired) electrons. The third-order valence-electron chi connectivity index (χ3n) is 3.09. The normalized spacial score (nSPS) is 9.95. The molecule has 0 saturated heterocycles. The van der Waals surface area contributed by atoms with Crippen molar-refractivity contribution in [2.75, 3.05) is 11.9 Å². The number of hydrogen-bond donors (Lipinski definition) is 0. The van der Waals surface area contributed by atoms with E-state index in [0.717, 1.165) is 5.56 Å². The molecule has 2 rings (SSSR count). The number of halogens is 1. The van der Waals surface area contributed by atoms with E-state index in [4.69, 9.17) is 16.9 Å². The van der Waals surface area contributed by atoms with E-state index in [1.807, 2.05) is 36.2 Å². The number of anilines is 1. The van der Waals surface area contributed by atoms with E-state index in [1.54, 1.807) is 12.1 Å². The molecule has 0 spiro atoms. The zero-order valence-electron chi connectivity index (χ0n) is 11.3. The van der Waals surface area contributed by atoms with E-state index < -0.39 is 4.92 Å². The molecule has 0 amide bonds. The molecule has 0 aromatic heterocycles. The maximum Gasteiger partial charge on any atom is 0.270 e. The molecule has 0 fully saturated rings. The van der Waals surface area contributed by atoms with Gasteiger partial charge in [0.05, 0.1) is 16.2 Å². The highest BCUT2D eigenvalue weighted by molar-refractivity contribution is 6.31. The van der Waals surface area contributed by atoms with Gasteiger partial charge in [0.2, 0.25) is 0 Å². The molecule has 106 valence electrons. The lowest BCUT2D eigenvalue weighted by atomic mass is 10.1. The molecule has 0 bridgehead atoms. The third-order valence-corrected chi connectivity index (χ3v) is 3.46. The van der Waals surface area contributed by atoms with Crippen LogP contribution in [-0.4, -0.2) is 12.0 Å². The Morgan fingerprint density at radius 2 is 2.05 bits per heavy atom. The largest absolute Gasteiger partial charge is 0.369 e. The molecular formula is C15H12ClN3O2. The van der Waals surface area contributed by atoms with Crippen LogP contribution in [0.2, 0.25) is 5.02 Å². The SMILES string of the molecule is CN(Cc1ccccc1Cl)c1ccc([N+](=O)[O-])cc1C#N. The summed E-state index contributed by atoms with van der Waals surface area (Å²) in [4.78, 5) is 12.1. The number of hydrogen-bond acceptors (Lipinski definition) is 4. The number of benzene rings is 2. The first-order valence-electron chi connectivity index (χ1n) is 6.16. The second-order valence-electron chi connectivity index (χ2n) is 4.52. The summed E-state index contributed by atoms with van der Waals surface area (Å²) < 4.78 is 0. The van der Waals surface area contributed by atoms with Crippen LogP contribution in [0.25, 0.3) is 0 Å². The summed E-state index contributed by atoms with van der Waals surface area (Å²) >= 11 is 6.12. The minimum Gasteiger partial charge on any atom is -0.369 e. The van der Waals surface area contributed by atoms with E-state index >= 15 is 0 Å². The minimum absolute atomic E-state index is 0.0959. The van der Waals surface area contributed by atoms with Gasteiger partial charge in [0.1, 0.15) is 6.07 Å². The predicted molar refractivity (Wildman–Crippen MR) is 81.4 cm³/mol. The lowest BCUT2D eigenvalue weighted by Gasteiger charge is -2.21. The summed E-state index contributed by atoms with van der Waals surface area (Å²) in [6.45, 7) is 0.506. The summed E-state index contributed by atoms with van der Waals surface area (Å²) in [5, 5.41) is 20.6. The molecule has 0 heterocycles. The summed E-state index contributed by atoms with van der Waals surface area (Å²) in [7, 11) is 1.81. The van der Waals surface area contributed by atoms with Crippen LogP contribution in [-0.2, 0) is 6.54 Å². The van der Waals surface area contributed by atoms with Crippen LogP contribution in [0.3, 0.4) is 0 Å². The van der Waals surface area contributed by atoms with Gasteiger partial charge in [-0.1, -0.05) is 29.8 Å². The standard InChI is InChI=1S/C15H12ClN3O2/c1-18(10-11-4-2-3-5-14(11)16)15-7-6-13(19(20)21)8-12(15)9-17/h2-8H,10H2,1H3. The molecule has 6 heteroatoms. The smallest absolute Gasteiger partial charge is 0.270 e. The summed E-state index contributed by atoms with van der Waals surface area (Å²) in [6.07, 6.45) is 0. The Labute approximate surface area is 127 Å². The predicted octanol–water partition coefficient (Wildman–Crippen LogP) is 3.76. The first-order valence-corrected chi connectivity index (χ1v) is 6.54. The Hall–Kier alpha value is -2.58. The van der Waals surface area contributed by atoms with Crippen LogP contribution in [0.4, 0.5) is 11.4 Å². The number of nitro groups is 1. The molecule has 0 aliphatic heterocycles. The molecule has 0 saturated carbocycles. The van der Waals surface area contributed by atoms with Crippen LogP contribution in [0.1, 0.15) is 11.1 Å². The van der Waals surface area contributed by atoms with Crippen LogP contribution >= 0.6 is 11.6 Å². The monoisotopic (exact) mass is 301 g/mol. The number of nitriles is 1. The second-order valence-corrected chi connectivity index (χ2v) is 4.93. The quantitative estimate of drug-likeness (QED) is 0.637. The Morgan fingerprint density at radius 3 is 2.67 bits per heavy atom. The number of rotatable bonds is 4. The summed E-state index contributed by atoms with van der Waals surface area (Å²) in [6, 6.07) is 13.7. The van der Waals surface area contributed by atoms with Gasteiger partial charge in [0.15, 0.2) is 0 Å². The highest BCUT2D eigenvalue weighted by Crippen LogP contribution is 2.26. The van der Waals surface area contributed by atoms with E-state index in [0.29, 0.717) is 17.3 Å². The lowest BCUT2D eigenvalue weighted by molar-refractivity contribution is -0.384. The van der Waals surface area contributed by atoms with Gasteiger partial charge in [-0.05, 0) is 17.7 Å². The molecule has 5 nitrogen and oxygen atoms in total. The van der Waals surface area contributed by atoms with Crippen molar-refractivity contribution >= 4 is 23.0 Å². The van der Waals surface area contributed by atoms with Gasteiger partial charge in [-0.2, -0.15) is 5.26 Å². The van der Waals surface area contributed by atoms with Gasteiger partial charge in [-0.15, -0.1) is 0 Å². The van der Waals surface area contributed by atoms with Crippen molar-refractivity contribution in [1.82, 2.24) is 0 Å². The first kappa shape index (κ1) is 14.8. The number of nitrogens with zero attached hydrogens (tertiary/aromatic N) is 3. The average Bonchev–Trinajstić information content (AvgIpc) is 2.48. The molecule has 0 aliphatic carbocycles. The van der Waals surface area contributed by atoms with Gasteiger partial charge in [-0.3, -0.25) is 10.1 Å². The number of nitro benzene ring substituents is 1. The van der Waals surface area contributed by atoms with Crippen molar-refractivity contribution in [2.24, 2.45) is 0 Å².